The monoisotopic (exact) mass is 255 g/mol. The van der Waals surface area contributed by atoms with Gasteiger partial charge in [-0.3, -0.25) is 0 Å². The smallest absolute Gasteiger partial charge is 0.113 e. The number of fused-ring (bicyclic) bond motifs is 1. The highest BCUT2D eigenvalue weighted by molar-refractivity contribution is 7.98. The van der Waals surface area contributed by atoms with Crippen molar-refractivity contribution < 1.29 is 4.21 Å². The molecule has 0 saturated carbocycles. The number of benzene rings is 1. The minimum atomic E-state index is -1.04. The van der Waals surface area contributed by atoms with E-state index in [2.05, 4.69) is 21.4 Å². The summed E-state index contributed by atoms with van der Waals surface area (Å²) in [6.45, 7) is 2.06. The Morgan fingerprint density at radius 3 is 3.06 bits per heavy atom. The Morgan fingerprint density at radius 1 is 1.56 bits per heavy atom. The Balaban J connectivity index is 2.28. The predicted molar refractivity (Wildman–Crippen MR) is 70.5 cm³/mol. The van der Waals surface area contributed by atoms with Gasteiger partial charge in [-0.25, -0.2) is 9.20 Å². The van der Waals surface area contributed by atoms with Crippen LogP contribution in [-0.4, -0.2) is 16.3 Å². The van der Waals surface area contributed by atoms with Crippen molar-refractivity contribution in [2.45, 2.75) is 18.2 Å². The fourth-order valence-electron chi connectivity index (χ4n) is 1.35. The first kappa shape index (κ1) is 11.5. The van der Waals surface area contributed by atoms with Crippen LogP contribution in [0.3, 0.4) is 0 Å². The summed E-state index contributed by atoms with van der Waals surface area (Å²) in [5, 5.41) is 0. The third-order valence-corrected chi connectivity index (χ3v) is 3.50. The highest BCUT2D eigenvalue weighted by atomic mass is 32.2. The molecule has 2 N–H and O–H groups in total. The van der Waals surface area contributed by atoms with Crippen LogP contribution in [-0.2, 0) is 11.0 Å². The van der Waals surface area contributed by atoms with Crippen LogP contribution < -0.4 is 9.44 Å². The largest absolute Gasteiger partial charge is 0.314 e. The van der Waals surface area contributed by atoms with E-state index in [1.165, 1.54) is 0 Å². The van der Waals surface area contributed by atoms with Gasteiger partial charge in [-0.05, 0) is 30.1 Å². The molecule has 4 nitrogen and oxygen atoms in total. The topological polar surface area (TPSA) is 53.5 Å². The second-order valence-electron chi connectivity index (χ2n) is 3.35. The lowest BCUT2D eigenvalue weighted by atomic mass is 10.3. The second-order valence-corrected chi connectivity index (χ2v) is 5.32. The van der Waals surface area contributed by atoms with E-state index >= 15 is 0 Å². The van der Waals surface area contributed by atoms with Crippen molar-refractivity contribution >= 4 is 40.1 Å². The highest BCUT2D eigenvalue weighted by Gasteiger charge is 2.11. The van der Waals surface area contributed by atoms with Gasteiger partial charge in [0.15, 0.2) is 0 Å². The average Bonchev–Trinajstić information content (AvgIpc) is 2.27. The molecule has 1 aliphatic rings. The van der Waals surface area contributed by atoms with Crippen LogP contribution in [0.5, 0.6) is 0 Å². The van der Waals surface area contributed by atoms with E-state index in [0.29, 0.717) is 0 Å². The van der Waals surface area contributed by atoms with Crippen LogP contribution in [0, 0.1) is 0 Å². The first-order valence-corrected chi connectivity index (χ1v) is 7.31. The van der Waals surface area contributed by atoms with Gasteiger partial charge in [0.1, 0.15) is 16.8 Å². The molecule has 0 spiro atoms. The molecular formula is C10H13N3OS2. The molecule has 1 aromatic carbocycles. The Hall–Kier alpha value is -1.01. The molecule has 6 heteroatoms. The van der Waals surface area contributed by atoms with Gasteiger partial charge in [-0.1, -0.05) is 6.92 Å². The van der Waals surface area contributed by atoms with E-state index in [4.69, 9.17) is 0 Å². The van der Waals surface area contributed by atoms with Crippen molar-refractivity contribution in [1.29, 1.82) is 0 Å². The Morgan fingerprint density at radius 2 is 2.38 bits per heavy atom. The number of hydrogen-bond donors (Lipinski definition) is 2. The van der Waals surface area contributed by atoms with Gasteiger partial charge in [0.2, 0.25) is 0 Å². The van der Waals surface area contributed by atoms with E-state index in [9.17, 15) is 4.21 Å². The lowest BCUT2D eigenvalue weighted by Crippen LogP contribution is -2.17. The minimum Gasteiger partial charge on any atom is -0.314 e. The molecule has 0 amide bonds. The van der Waals surface area contributed by atoms with Gasteiger partial charge < -0.3 is 9.44 Å². The molecule has 1 aromatic rings. The Kier molecular flexibility index (Phi) is 3.50. The number of nitrogens with zero attached hydrogens (tertiary/aromatic N) is 1. The zero-order valence-electron chi connectivity index (χ0n) is 9.11. The molecule has 16 heavy (non-hydrogen) atoms. The van der Waals surface area contributed by atoms with Crippen molar-refractivity contribution in [3.8, 4) is 0 Å². The zero-order chi connectivity index (χ0) is 11.5. The van der Waals surface area contributed by atoms with Gasteiger partial charge in [0.25, 0.3) is 0 Å². The summed E-state index contributed by atoms with van der Waals surface area (Å²) < 4.78 is 17.1. The number of rotatable bonds is 3. The maximum atomic E-state index is 11.0. The molecule has 1 atom stereocenters. The van der Waals surface area contributed by atoms with Crippen molar-refractivity contribution in [2.75, 3.05) is 11.0 Å². The van der Waals surface area contributed by atoms with Gasteiger partial charge in [-0.15, -0.1) is 0 Å². The molecule has 0 saturated heterocycles. The van der Waals surface area contributed by atoms with Crippen LogP contribution in [0.4, 0.5) is 11.4 Å². The summed E-state index contributed by atoms with van der Waals surface area (Å²) in [6, 6.07) is 5.78. The van der Waals surface area contributed by atoms with Crippen LogP contribution in [0.15, 0.2) is 28.1 Å². The first-order chi connectivity index (χ1) is 7.69. The molecule has 1 unspecified atom stereocenters. The molecule has 0 fully saturated rings. The fraction of sp³-hybridized carbons (Fsp3) is 0.300. The summed E-state index contributed by atoms with van der Waals surface area (Å²) in [4.78, 5) is 5.51. The van der Waals surface area contributed by atoms with E-state index in [1.807, 2.05) is 18.2 Å². The summed E-state index contributed by atoms with van der Waals surface area (Å²) in [5.74, 6) is 0.984. The quantitative estimate of drug-likeness (QED) is 0.816. The number of amidine groups is 1. The van der Waals surface area contributed by atoms with Gasteiger partial charge in [-0.2, -0.15) is 0 Å². The molecular weight excluding hydrogens is 242 g/mol. The molecule has 86 valence electrons. The summed E-state index contributed by atoms with van der Waals surface area (Å²) in [5.41, 5.74) is 1.82. The SMILES string of the molecule is CCC1=Nc2ccc(NS(C)=O)cc2SN1. The van der Waals surface area contributed by atoms with Crippen LogP contribution in [0.2, 0.25) is 0 Å². The average molecular weight is 255 g/mol. The van der Waals surface area contributed by atoms with E-state index in [1.54, 1.807) is 18.2 Å². The van der Waals surface area contributed by atoms with Crippen molar-refractivity contribution in [1.82, 2.24) is 4.72 Å². The number of nitrogens with one attached hydrogen (secondary N) is 2. The van der Waals surface area contributed by atoms with Crippen LogP contribution >= 0.6 is 11.9 Å². The molecule has 1 heterocycles. The lowest BCUT2D eigenvalue weighted by molar-refractivity contribution is 0.690. The van der Waals surface area contributed by atoms with E-state index in [0.717, 1.165) is 28.5 Å². The first-order valence-electron chi connectivity index (χ1n) is 4.93. The number of anilines is 1. The number of aliphatic imine (C=N–C) groups is 1. The van der Waals surface area contributed by atoms with Crippen molar-refractivity contribution in [3.05, 3.63) is 18.2 Å². The van der Waals surface area contributed by atoms with E-state index < -0.39 is 11.0 Å². The van der Waals surface area contributed by atoms with Gasteiger partial charge >= 0.3 is 0 Å². The number of hydrogen-bond acceptors (Lipinski definition) is 4. The Bertz CT molecular complexity index is 459. The third kappa shape index (κ3) is 2.56. The predicted octanol–water partition coefficient (Wildman–Crippen LogP) is 2.44. The van der Waals surface area contributed by atoms with Gasteiger partial charge in [0.05, 0.1) is 10.6 Å². The highest BCUT2D eigenvalue weighted by Crippen LogP contribution is 2.33. The van der Waals surface area contributed by atoms with Gasteiger partial charge in [0, 0.05) is 18.4 Å². The lowest BCUT2D eigenvalue weighted by Gasteiger charge is -2.16. The molecule has 1 aliphatic heterocycles. The van der Waals surface area contributed by atoms with Crippen molar-refractivity contribution in [2.24, 2.45) is 4.99 Å². The summed E-state index contributed by atoms with van der Waals surface area (Å²) in [7, 11) is -1.04. The maximum absolute atomic E-state index is 11.0. The normalized spacial score (nSPS) is 15.8. The third-order valence-electron chi connectivity index (χ3n) is 2.09. The minimum absolute atomic E-state index is 0.851. The maximum Gasteiger partial charge on any atom is 0.113 e. The van der Waals surface area contributed by atoms with E-state index in [-0.39, 0.29) is 0 Å². The summed E-state index contributed by atoms with van der Waals surface area (Å²) >= 11 is 1.54. The fourth-order valence-corrected chi connectivity index (χ4v) is 2.63. The van der Waals surface area contributed by atoms with Crippen molar-refractivity contribution in [3.63, 3.8) is 0 Å². The van der Waals surface area contributed by atoms with Crippen LogP contribution in [0.1, 0.15) is 13.3 Å². The standard InChI is InChI=1S/C10H13N3OS2/c1-3-10-11-8-5-4-7(13-16(2)14)6-9(8)15-12-10/h4-6,13H,3H2,1-2H3,(H,11,12). The zero-order valence-corrected chi connectivity index (χ0v) is 10.7. The molecule has 0 radical (unpaired) electrons. The Labute approximate surface area is 102 Å². The summed E-state index contributed by atoms with van der Waals surface area (Å²) in [6.07, 6.45) is 2.50. The second kappa shape index (κ2) is 4.88. The molecule has 0 bridgehead atoms. The molecule has 2 rings (SSSR count). The molecule has 0 aliphatic carbocycles. The van der Waals surface area contributed by atoms with Crippen LogP contribution in [0.25, 0.3) is 0 Å². The molecule has 0 aromatic heterocycles.